The van der Waals surface area contributed by atoms with Crippen molar-refractivity contribution in [3.63, 3.8) is 0 Å². The van der Waals surface area contributed by atoms with Crippen LogP contribution < -0.4 is 20.7 Å². The Hall–Kier alpha value is -6.26. The average molecular weight is 696 g/mol. The number of thioether (sulfide) groups is 1. The van der Waals surface area contributed by atoms with Crippen LogP contribution in [0.1, 0.15) is 61.6 Å². The first-order valence-corrected chi connectivity index (χ1v) is 17.1. The number of nitrogens with one attached hydrogen (secondary N) is 3. The predicted octanol–water partition coefficient (Wildman–Crippen LogP) is 7.39. The topological polar surface area (TPSA) is 131 Å². The monoisotopic (exact) mass is 695 g/mol. The second kappa shape index (κ2) is 15.5. The van der Waals surface area contributed by atoms with Gasteiger partial charge in [0, 0.05) is 38.4 Å². The Bertz CT molecular complexity index is 2200. The number of carbonyl (C=O) groups is 5. The van der Waals surface area contributed by atoms with E-state index < -0.39 is 17.1 Å². The molecule has 0 aromatic heterocycles. The number of hydrogen-bond acceptors (Lipinski definition) is 7. The van der Waals surface area contributed by atoms with Gasteiger partial charge in [0.1, 0.15) is 11.4 Å². The van der Waals surface area contributed by atoms with Crippen LogP contribution in [0, 0.1) is 0 Å². The fourth-order valence-corrected chi connectivity index (χ4v) is 6.50. The van der Waals surface area contributed by atoms with Crippen molar-refractivity contribution in [2.45, 2.75) is 24.0 Å². The van der Waals surface area contributed by atoms with Gasteiger partial charge >= 0.3 is 0 Å². The van der Waals surface area contributed by atoms with Crippen molar-refractivity contribution < 1.29 is 28.7 Å². The van der Waals surface area contributed by atoms with Gasteiger partial charge in [0.15, 0.2) is 11.6 Å². The van der Waals surface area contributed by atoms with Gasteiger partial charge in [-0.25, -0.2) is 0 Å². The molecular weight excluding hydrogens is 663 g/mol. The zero-order valence-corrected chi connectivity index (χ0v) is 28.6. The fraction of sp³-hybridized carbons (Fsp3) is 0.0976. The Morgan fingerprint density at radius 1 is 0.745 bits per heavy atom. The van der Waals surface area contributed by atoms with E-state index in [2.05, 4.69) is 16.0 Å². The lowest BCUT2D eigenvalue weighted by Crippen LogP contribution is -2.30. The highest BCUT2D eigenvalue weighted by Crippen LogP contribution is 2.33. The number of ether oxygens (including phenoxy) is 1. The molecule has 3 N–H and O–H groups in total. The third-order valence-corrected chi connectivity index (χ3v) is 9.13. The minimum atomic E-state index is -0.621. The maximum atomic E-state index is 13.7. The fourth-order valence-electron chi connectivity index (χ4n) is 5.57. The summed E-state index contributed by atoms with van der Waals surface area (Å²) in [5, 5.41) is 7.82. The van der Waals surface area contributed by atoms with Crippen LogP contribution in [0.3, 0.4) is 0 Å². The second-order valence-corrected chi connectivity index (χ2v) is 12.9. The van der Waals surface area contributed by atoms with E-state index in [4.69, 9.17) is 4.74 Å². The number of amides is 3. The van der Waals surface area contributed by atoms with Gasteiger partial charge in [-0.05, 0) is 62.4 Å². The number of para-hydroxylation sites is 1. The first-order valence-electron chi connectivity index (χ1n) is 16.2. The average Bonchev–Trinajstić information content (AvgIpc) is 3.14. The summed E-state index contributed by atoms with van der Waals surface area (Å²) < 4.78 is 5.73. The Labute approximate surface area is 299 Å². The number of carbonyl (C=O) groups excluding carboxylic acids is 5. The van der Waals surface area contributed by atoms with Crippen LogP contribution in [0.2, 0.25) is 0 Å². The van der Waals surface area contributed by atoms with Gasteiger partial charge in [-0.15, -0.1) is 11.8 Å². The Morgan fingerprint density at radius 2 is 1.41 bits per heavy atom. The molecule has 1 aliphatic carbocycles. The van der Waals surface area contributed by atoms with Crippen molar-refractivity contribution in [3.8, 4) is 5.75 Å². The van der Waals surface area contributed by atoms with Crippen LogP contribution in [0.15, 0.2) is 132 Å². The predicted molar refractivity (Wildman–Crippen MR) is 198 cm³/mol. The highest BCUT2D eigenvalue weighted by molar-refractivity contribution is 8.00. The van der Waals surface area contributed by atoms with Crippen molar-refractivity contribution in [2.75, 3.05) is 17.2 Å². The molecule has 5 aromatic rings. The lowest BCUT2D eigenvalue weighted by Gasteiger charge is -2.21. The van der Waals surface area contributed by atoms with Gasteiger partial charge in [-0.1, -0.05) is 78.9 Å². The van der Waals surface area contributed by atoms with E-state index in [9.17, 15) is 24.0 Å². The van der Waals surface area contributed by atoms with Crippen LogP contribution in [0.4, 0.5) is 11.4 Å². The molecule has 5 aromatic carbocycles. The lowest BCUT2D eigenvalue weighted by molar-refractivity contribution is -0.115. The highest BCUT2D eigenvalue weighted by Gasteiger charge is 2.32. The SMILES string of the molecule is CCOc1ccccc1/C=C(/NC(=O)c1ccccc1)C(=O)Nc1cccc(SC(C)C(=O)Nc2cccc3c2C(=O)c2ccccc2C3=O)c1. The van der Waals surface area contributed by atoms with Gasteiger partial charge in [0.25, 0.3) is 11.8 Å². The summed E-state index contributed by atoms with van der Waals surface area (Å²) in [5.74, 6) is -1.42. The van der Waals surface area contributed by atoms with E-state index in [1.807, 2.05) is 19.1 Å². The first-order chi connectivity index (χ1) is 24.7. The summed E-state index contributed by atoms with van der Waals surface area (Å²) in [5.41, 5.74) is 2.76. The van der Waals surface area contributed by atoms with Crippen molar-refractivity contribution in [3.05, 3.63) is 160 Å². The second-order valence-electron chi connectivity index (χ2n) is 11.5. The number of rotatable bonds is 11. The molecule has 1 unspecified atom stereocenters. The molecule has 0 aliphatic heterocycles. The minimum Gasteiger partial charge on any atom is -0.493 e. The third-order valence-electron chi connectivity index (χ3n) is 8.03. The van der Waals surface area contributed by atoms with E-state index in [1.54, 1.807) is 122 Å². The van der Waals surface area contributed by atoms with Crippen molar-refractivity contribution in [1.29, 1.82) is 0 Å². The molecule has 6 rings (SSSR count). The maximum Gasteiger partial charge on any atom is 0.272 e. The number of hydrogen-bond donors (Lipinski definition) is 3. The van der Waals surface area contributed by atoms with Gasteiger partial charge in [0.05, 0.1) is 23.1 Å². The number of anilines is 2. The van der Waals surface area contributed by atoms with E-state index in [0.29, 0.717) is 45.2 Å². The van der Waals surface area contributed by atoms with E-state index in [0.717, 1.165) is 0 Å². The molecule has 0 heterocycles. The Kier molecular flexibility index (Phi) is 10.5. The normalized spacial score (nSPS) is 12.6. The molecule has 0 fully saturated rings. The molecule has 0 spiro atoms. The molecule has 1 aliphatic rings. The minimum absolute atomic E-state index is 0.00338. The molecule has 9 nitrogen and oxygen atoms in total. The zero-order valence-electron chi connectivity index (χ0n) is 27.8. The zero-order chi connectivity index (χ0) is 35.9. The van der Waals surface area contributed by atoms with Crippen LogP contribution in [0.25, 0.3) is 6.08 Å². The summed E-state index contributed by atoms with van der Waals surface area (Å²) >= 11 is 1.25. The summed E-state index contributed by atoms with van der Waals surface area (Å²) in [6.45, 7) is 4.00. The molecule has 0 radical (unpaired) electrons. The van der Waals surface area contributed by atoms with Crippen LogP contribution in [-0.4, -0.2) is 41.1 Å². The first kappa shape index (κ1) is 34.6. The van der Waals surface area contributed by atoms with Crippen molar-refractivity contribution >= 4 is 58.5 Å². The van der Waals surface area contributed by atoms with Crippen molar-refractivity contribution in [1.82, 2.24) is 5.32 Å². The summed E-state index contributed by atoms with van der Waals surface area (Å²) in [7, 11) is 0. The largest absolute Gasteiger partial charge is 0.493 e. The van der Waals surface area contributed by atoms with Crippen LogP contribution in [-0.2, 0) is 9.59 Å². The lowest BCUT2D eigenvalue weighted by atomic mass is 9.83. The molecule has 10 heteroatoms. The highest BCUT2D eigenvalue weighted by atomic mass is 32.2. The molecule has 0 bridgehead atoms. The van der Waals surface area contributed by atoms with E-state index in [1.165, 1.54) is 11.8 Å². The van der Waals surface area contributed by atoms with Crippen molar-refractivity contribution in [2.24, 2.45) is 0 Å². The van der Waals surface area contributed by atoms with Crippen LogP contribution in [0.5, 0.6) is 5.75 Å². The van der Waals surface area contributed by atoms with E-state index >= 15 is 0 Å². The molecule has 0 saturated carbocycles. The third kappa shape index (κ3) is 7.82. The Balaban J connectivity index is 1.18. The number of ketones is 2. The smallest absolute Gasteiger partial charge is 0.272 e. The van der Waals surface area contributed by atoms with Gasteiger partial charge in [-0.3, -0.25) is 24.0 Å². The molecule has 1 atom stereocenters. The summed E-state index contributed by atoms with van der Waals surface area (Å²) in [6, 6.07) is 34.2. The Morgan fingerprint density at radius 3 is 2.18 bits per heavy atom. The standard InChI is InChI=1S/C41H33N3O6S/c1-3-50-35-22-10-7-15-27(35)23-34(44-40(48)26-13-5-4-6-14-26)41(49)42-28-16-11-17-29(24-28)51-25(2)39(47)43-33-21-12-20-32-36(33)38(46)31-19-9-8-18-30(31)37(32)45/h4-25H,3H2,1-2H3,(H,42,49)(H,43,47)(H,44,48)/b34-23+. The van der Waals surface area contributed by atoms with Gasteiger partial charge < -0.3 is 20.7 Å². The van der Waals surface area contributed by atoms with Gasteiger partial charge in [-0.2, -0.15) is 0 Å². The quantitative estimate of drug-likeness (QED) is 0.0952. The summed E-state index contributed by atoms with van der Waals surface area (Å²) in [4.78, 5) is 67.4. The number of fused-ring (bicyclic) bond motifs is 2. The van der Waals surface area contributed by atoms with Gasteiger partial charge in [0.2, 0.25) is 5.91 Å². The van der Waals surface area contributed by atoms with Crippen LogP contribution >= 0.6 is 11.8 Å². The molecule has 51 heavy (non-hydrogen) atoms. The molecule has 0 saturated heterocycles. The molecule has 254 valence electrons. The summed E-state index contributed by atoms with van der Waals surface area (Å²) in [6.07, 6.45) is 1.56. The maximum absolute atomic E-state index is 13.7. The van der Waals surface area contributed by atoms with E-state index in [-0.39, 0.29) is 40.0 Å². The number of benzene rings is 5. The molecule has 3 amide bonds. The molecular formula is C41H33N3O6S.